The van der Waals surface area contributed by atoms with E-state index in [0.29, 0.717) is 6.42 Å². The van der Waals surface area contributed by atoms with Gasteiger partial charge in [-0.05, 0) is 43.2 Å². The highest BCUT2D eigenvalue weighted by molar-refractivity contribution is 7.89. The van der Waals surface area contributed by atoms with Crippen molar-refractivity contribution in [1.82, 2.24) is 14.5 Å². The van der Waals surface area contributed by atoms with E-state index in [4.69, 9.17) is 0 Å². The minimum atomic E-state index is -3.62. The van der Waals surface area contributed by atoms with Crippen molar-refractivity contribution in [3.8, 4) is 0 Å². The second-order valence-electron chi connectivity index (χ2n) is 6.00. The van der Waals surface area contributed by atoms with Gasteiger partial charge in [0.2, 0.25) is 15.9 Å². The quantitative estimate of drug-likeness (QED) is 0.900. The van der Waals surface area contributed by atoms with Gasteiger partial charge in [0.15, 0.2) is 0 Å². The largest absolute Gasteiger partial charge is 0.309 e. The molecular formula is C16H20N4O3S. The molecule has 1 N–H and O–H groups in total. The Kier molecular flexibility index (Phi) is 4.18. The molecule has 1 atom stereocenters. The molecule has 1 aromatic carbocycles. The van der Waals surface area contributed by atoms with E-state index in [9.17, 15) is 13.2 Å². The highest BCUT2D eigenvalue weighted by atomic mass is 32.2. The van der Waals surface area contributed by atoms with E-state index in [2.05, 4.69) is 9.82 Å². The zero-order valence-electron chi connectivity index (χ0n) is 13.9. The normalized spacial score (nSPS) is 17.1. The van der Waals surface area contributed by atoms with E-state index in [-0.39, 0.29) is 23.4 Å². The van der Waals surface area contributed by atoms with Crippen LogP contribution in [0.15, 0.2) is 35.4 Å². The summed E-state index contributed by atoms with van der Waals surface area (Å²) in [5, 5.41) is 4.01. The van der Waals surface area contributed by atoms with E-state index >= 15 is 0 Å². The number of rotatable bonds is 4. The Morgan fingerprint density at radius 2 is 2.12 bits per heavy atom. The molecule has 0 saturated carbocycles. The third-order valence-electron chi connectivity index (χ3n) is 4.28. The number of hydrogen-bond donors (Lipinski definition) is 1. The first kappa shape index (κ1) is 16.7. The Bertz CT molecular complexity index is 888. The summed E-state index contributed by atoms with van der Waals surface area (Å²) in [6.45, 7) is 3.65. The van der Waals surface area contributed by atoms with Gasteiger partial charge in [-0.2, -0.15) is 5.10 Å². The number of aryl methyl sites for hydroxylation is 1. The molecule has 24 heavy (non-hydrogen) atoms. The molecule has 0 radical (unpaired) electrons. The van der Waals surface area contributed by atoms with E-state index in [1.807, 2.05) is 6.92 Å². The fourth-order valence-corrected chi connectivity index (χ4v) is 4.13. The summed E-state index contributed by atoms with van der Waals surface area (Å²) in [6.07, 6.45) is 2.27. The number of carbonyl (C=O) groups excluding carboxylic acids is 1. The van der Waals surface area contributed by atoms with Crippen LogP contribution in [0.25, 0.3) is 0 Å². The van der Waals surface area contributed by atoms with Crippen molar-refractivity contribution in [2.45, 2.75) is 37.8 Å². The van der Waals surface area contributed by atoms with Crippen molar-refractivity contribution < 1.29 is 13.2 Å². The lowest BCUT2D eigenvalue weighted by molar-refractivity contribution is -0.116. The van der Waals surface area contributed by atoms with Gasteiger partial charge >= 0.3 is 0 Å². The van der Waals surface area contributed by atoms with Crippen molar-refractivity contribution in [3.63, 3.8) is 0 Å². The van der Waals surface area contributed by atoms with Crippen LogP contribution in [0.4, 0.5) is 5.69 Å². The van der Waals surface area contributed by atoms with Gasteiger partial charge in [0.1, 0.15) is 0 Å². The van der Waals surface area contributed by atoms with Crippen LogP contribution in [0.1, 0.15) is 25.1 Å². The van der Waals surface area contributed by atoms with Crippen molar-refractivity contribution in [3.05, 3.63) is 41.7 Å². The van der Waals surface area contributed by atoms with Gasteiger partial charge in [0.05, 0.1) is 17.1 Å². The summed E-state index contributed by atoms with van der Waals surface area (Å²) in [6, 6.07) is 6.70. The van der Waals surface area contributed by atoms with Crippen LogP contribution in [0, 0.1) is 0 Å². The first-order valence-electron chi connectivity index (χ1n) is 7.69. The minimum Gasteiger partial charge on any atom is -0.309 e. The second-order valence-corrected chi connectivity index (χ2v) is 7.77. The Balaban J connectivity index is 1.84. The molecule has 0 unspecified atom stereocenters. The van der Waals surface area contributed by atoms with Crippen LogP contribution in [-0.4, -0.2) is 30.1 Å². The molecule has 3 rings (SSSR count). The Morgan fingerprint density at radius 3 is 2.75 bits per heavy atom. The van der Waals surface area contributed by atoms with Gasteiger partial charge in [-0.3, -0.25) is 9.48 Å². The summed E-state index contributed by atoms with van der Waals surface area (Å²) in [7, 11) is -1.86. The number of benzene rings is 1. The minimum absolute atomic E-state index is 0.0359. The van der Waals surface area contributed by atoms with Crippen molar-refractivity contribution in [1.29, 1.82) is 0 Å². The highest BCUT2D eigenvalue weighted by Gasteiger charge is 2.30. The molecule has 0 fully saturated rings. The predicted molar refractivity (Wildman–Crippen MR) is 90.0 cm³/mol. The molecular weight excluding hydrogens is 328 g/mol. The molecule has 7 nitrogen and oxygen atoms in total. The summed E-state index contributed by atoms with van der Waals surface area (Å²) in [4.78, 5) is 13.7. The number of fused-ring (bicyclic) bond motifs is 1. The standard InChI is InChI=1S/C16H20N4O3S/c1-11-8-13-9-15(4-5-16(13)20(11)12(2)21)24(22,23)18-10-14-6-7-17-19(14)3/h4-7,9,11,18H,8,10H2,1-3H3/t11-/m0/s1. The molecule has 0 saturated heterocycles. The lowest BCUT2D eigenvalue weighted by Gasteiger charge is -2.20. The average Bonchev–Trinajstić information content (AvgIpc) is 3.06. The molecule has 1 aliphatic rings. The van der Waals surface area contributed by atoms with Crippen LogP contribution in [0.5, 0.6) is 0 Å². The van der Waals surface area contributed by atoms with E-state index in [1.54, 1.807) is 47.1 Å². The smallest absolute Gasteiger partial charge is 0.240 e. The van der Waals surface area contributed by atoms with E-state index in [0.717, 1.165) is 16.9 Å². The molecule has 1 amide bonds. The van der Waals surface area contributed by atoms with Gasteiger partial charge < -0.3 is 4.90 Å². The maximum Gasteiger partial charge on any atom is 0.240 e. The molecule has 0 bridgehead atoms. The third kappa shape index (κ3) is 2.94. The Morgan fingerprint density at radius 1 is 1.38 bits per heavy atom. The number of sulfonamides is 1. The summed E-state index contributed by atoms with van der Waals surface area (Å²) < 4.78 is 29.2. The maximum absolute atomic E-state index is 12.5. The zero-order valence-corrected chi connectivity index (χ0v) is 14.7. The fraction of sp³-hybridized carbons (Fsp3) is 0.375. The van der Waals surface area contributed by atoms with Gasteiger partial charge in [-0.25, -0.2) is 13.1 Å². The van der Waals surface area contributed by atoms with Crippen molar-refractivity contribution >= 4 is 21.6 Å². The van der Waals surface area contributed by atoms with Crippen molar-refractivity contribution in [2.24, 2.45) is 7.05 Å². The maximum atomic E-state index is 12.5. The monoisotopic (exact) mass is 348 g/mol. The number of nitrogens with zero attached hydrogens (tertiary/aromatic N) is 3. The Labute approximate surface area is 141 Å². The summed E-state index contributed by atoms with van der Waals surface area (Å²) >= 11 is 0. The zero-order chi connectivity index (χ0) is 17.5. The number of nitrogens with one attached hydrogen (secondary N) is 1. The third-order valence-corrected chi connectivity index (χ3v) is 5.68. The highest BCUT2D eigenvalue weighted by Crippen LogP contribution is 2.33. The van der Waals surface area contributed by atoms with Crippen LogP contribution in [0.2, 0.25) is 0 Å². The summed E-state index contributed by atoms with van der Waals surface area (Å²) in [5.41, 5.74) is 2.44. The van der Waals surface area contributed by atoms with E-state index in [1.165, 1.54) is 6.92 Å². The predicted octanol–water partition coefficient (Wildman–Crippen LogP) is 1.20. The van der Waals surface area contributed by atoms with Gasteiger partial charge in [0, 0.05) is 31.9 Å². The topological polar surface area (TPSA) is 84.3 Å². The van der Waals surface area contributed by atoms with E-state index < -0.39 is 10.0 Å². The van der Waals surface area contributed by atoms with Crippen molar-refractivity contribution in [2.75, 3.05) is 4.90 Å². The van der Waals surface area contributed by atoms with Crippen LogP contribution in [-0.2, 0) is 34.8 Å². The molecule has 128 valence electrons. The van der Waals surface area contributed by atoms with Crippen LogP contribution in [0.3, 0.4) is 0 Å². The SMILES string of the molecule is CC(=O)N1c2ccc(S(=O)(=O)NCc3ccnn3C)cc2C[C@@H]1C. The lowest BCUT2D eigenvalue weighted by Crippen LogP contribution is -2.33. The van der Waals surface area contributed by atoms with Gasteiger partial charge in [-0.1, -0.05) is 0 Å². The second kappa shape index (κ2) is 6.03. The molecule has 0 spiro atoms. The first-order valence-corrected chi connectivity index (χ1v) is 9.17. The molecule has 2 aromatic rings. The number of hydrogen-bond acceptors (Lipinski definition) is 4. The average molecular weight is 348 g/mol. The Hall–Kier alpha value is -2.19. The molecule has 8 heteroatoms. The first-order chi connectivity index (χ1) is 11.3. The lowest BCUT2D eigenvalue weighted by atomic mass is 10.1. The molecule has 2 heterocycles. The van der Waals surface area contributed by atoms with Gasteiger partial charge in [-0.15, -0.1) is 0 Å². The molecule has 0 aliphatic carbocycles. The fourth-order valence-electron chi connectivity index (χ4n) is 3.08. The number of aromatic nitrogens is 2. The summed E-state index contributed by atoms with van der Waals surface area (Å²) in [5.74, 6) is -0.0359. The number of amides is 1. The molecule has 1 aromatic heterocycles. The van der Waals surface area contributed by atoms with Crippen LogP contribution < -0.4 is 9.62 Å². The van der Waals surface area contributed by atoms with Crippen LogP contribution >= 0.6 is 0 Å². The molecule has 1 aliphatic heterocycles. The van der Waals surface area contributed by atoms with Gasteiger partial charge in [0.25, 0.3) is 0 Å². The number of carbonyl (C=O) groups is 1. The number of anilines is 1.